The first-order valence-electron chi connectivity index (χ1n) is 6.02. The number of esters is 1. The van der Waals surface area contributed by atoms with Crippen LogP contribution in [0.3, 0.4) is 0 Å². The molecule has 1 fully saturated rings. The van der Waals surface area contributed by atoms with Gasteiger partial charge in [0, 0.05) is 6.92 Å². The molecule has 2 rings (SSSR count). The second-order valence-electron chi connectivity index (χ2n) is 4.71. The fraction of sp³-hybridized carbons (Fsp3) is 0.583. The third-order valence-electron chi connectivity index (χ3n) is 3.34. The van der Waals surface area contributed by atoms with Crippen LogP contribution in [0.2, 0.25) is 0 Å². The van der Waals surface area contributed by atoms with Crippen molar-refractivity contribution in [1.29, 1.82) is 0 Å². The Morgan fingerprint density at radius 2 is 2.16 bits per heavy atom. The molecule has 2 aliphatic heterocycles. The van der Waals surface area contributed by atoms with E-state index in [0.29, 0.717) is 6.42 Å². The van der Waals surface area contributed by atoms with Gasteiger partial charge in [-0.3, -0.25) is 14.5 Å². The normalized spacial score (nSPS) is 29.1. The van der Waals surface area contributed by atoms with E-state index in [4.69, 9.17) is 4.74 Å². The van der Waals surface area contributed by atoms with Crippen molar-refractivity contribution in [3.63, 3.8) is 0 Å². The van der Waals surface area contributed by atoms with Crippen LogP contribution in [0.15, 0.2) is 10.8 Å². The number of rotatable bonds is 4. The summed E-state index contributed by atoms with van der Waals surface area (Å²) in [6.07, 6.45) is 1.53. The standard InChI is InChI=1S/C12H15NO5S/c1-4-5-7-9(15)13-8(10(16)17)11(18-6(2)14)19-12(7,13)3/h7H,4-5H2,1-3H3,(H,16,17)/t7-,12+/m0/s1. The van der Waals surface area contributed by atoms with E-state index in [2.05, 4.69) is 0 Å². The predicted molar refractivity (Wildman–Crippen MR) is 67.7 cm³/mol. The minimum Gasteiger partial charge on any atom is -0.476 e. The summed E-state index contributed by atoms with van der Waals surface area (Å²) in [5.74, 6) is -2.29. The SMILES string of the molecule is CCC[C@H]1C(=O)N2C(C(=O)O)=C(OC(C)=O)S[C@]12C. The van der Waals surface area contributed by atoms with Crippen molar-refractivity contribution in [2.24, 2.45) is 5.92 Å². The summed E-state index contributed by atoms with van der Waals surface area (Å²) in [4.78, 5) is 35.0. The van der Waals surface area contributed by atoms with Crippen LogP contribution >= 0.6 is 11.8 Å². The van der Waals surface area contributed by atoms with Gasteiger partial charge in [-0.05, 0) is 13.3 Å². The second kappa shape index (κ2) is 4.56. The number of carboxylic acids is 1. The lowest BCUT2D eigenvalue weighted by Crippen LogP contribution is -2.65. The number of carboxylic acid groups (broad SMARTS) is 1. The van der Waals surface area contributed by atoms with Gasteiger partial charge in [-0.2, -0.15) is 0 Å². The van der Waals surface area contributed by atoms with Crippen molar-refractivity contribution < 1.29 is 24.2 Å². The Balaban J connectivity index is 2.35. The molecule has 2 atom stereocenters. The number of ether oxygens (including phenoxy) is 1. The summed E-state index contributed by atoms with van der Waals surface area (Å²) >= 11 is 1.14. The fourth-order valence-corrected chi connectivity index (χ4v) is 3.98. The van der Waals surface area contributed by atoms with Crippen molar-refractivity contribution in [3.8, 4) is 0 Å². The summed E-state index contributed by atoms with van der Waals surface area (Å²) in [7, 11) is 0. The number of nitrogens with zero attached hydrogens (tertiary/aromatic N) is 1. The highest BCUT2D eigenvalue weighted by Gasteiger charge is 2.64. The summed E-state index contributed by atoms with van der Waals surface area (Å²) < 4.78 is 4.93. The van der Waals surface area contributed by atoms with E-state index in [-0.39, 0.29) is 22.6 Å². The minimum atomic E-state index is -1.25. The molecule has 0 bridgehead atoms. The molecule has 19 heavy (non-hydrogen) atoms. The molecule has 0 saturated carbocycles. The molecule has 7 heteroatoms. The van der Waals surface area contributed by atoms with Gasteiger partial charge in [0.2, 0.25) is 5.91 Å². The smallest absolute Gasteiger partial charge is 0.357 e. The van der Waals surface area contributed by atoms with Crippen LogP contribution in [0.4, 0.5) is 0 Å². The van der Waals surface area contributed by atoms with Gasteiger partial charge in [0.1, 0.15) is 4.87 Å². The van der Waals surface area contributed by atoms with E-state index >= 15 is 0 Å². The molecule has 1 N–H and O–H groups in total. The Morgan fingerprint density at radius 3 is 2.63 bits per heavy atom. The van der Waals surface area contributed by atoms with Gasteiger partial charge >= 0.3 is 11.9 Å². The Bertz CT molecular complexity index is 500. The van der Waals surface area contributed by atoms with Gasteiger partial charge in [0.15, 0.2) is 10.8 Å². The van der Waals surface area contributed by atoms with E-state index in [0.717, 1.165) is 18.2 Å². The molecule has 0 aliphatic carbocycles. The highest BCUT2D eigenvalue weighted by atomic mass is 32.2. The number of β-lactam (4-membered cyclic amide) rings is 1. The van der Waals surface area contributed by atoms with Crippen LogP contribution in [-0.2, 0) is 19.1 Å². The number of thioether (sulfide) groups is 1. The van der Waals surface area contributed by atoms with Crippen LogP contribution in [0, 0.1) is 5.92 Å². The predicted octanol–water partition coefficient (Wildman–Crippen LogP) is 1.52. The van der Waals surface area contributed by atoms with Crippen molar-refractivity contribution >= 4 is 29.6 Å². The quantitative estimate of drug-likeness (QED) is 0.623. The number of carbonyl (C=O) groups is 3. The maximum absolute atomic E-state index is 12.1. The van der Waals surface area contributed by atoms with E-state index in [1.165, 1.54) is 11.8 Å². The van der Waals surface area contributed by atoms with Crippen LogP contribution in [0.25, 0.3) is 0 Å². The number of hydrogen-bond acceptors (Lipinski definition) is 5. The average Bonchev–Trinajstić information content (AvgIpc) is 2.55. The monoisotopic (exact) mass is 285 g/mol. The van der Waals surface area contributed by atoms with Gasteiger partial charge in [0.25, 0.3) is 0 Å². The zero-order valence-electron chi connectivity index (χ0n) is 10.9. The molecule has 0 radical (unpaired) electrons. The van der Waals surface area contributed by atoms with Crippen molar-refractivity contribution in [1.82, 2.24) is 4.90 Å². The Morgan fingerprint density at radius 1 is 1.53 bits per heavy atom. The van der Waals surface area contributed by atoms with Gasteiger partial charge in [0.05, 0.1) is 5.92 Å². The van der Waals surface area contributed by atoms with Crippen LogP contribution in [-0.4, -0.2) is 32.7 Å². The zero-order chi connectivity index (χ0) is 14.4. The van der Waals surface area contributed by atoms with Crippen molar-refractivity contribution in [2.45, 2.75) is 38.5 Å². The zero-order valence-corrected chi connectivity index (χ0v) is 11.7. The van der Waals surface area contributed by atoms with E-state index in [9.17, 15) is 19.5 Å². The first kappa shape index (κ1) is 13.9. The lowest BCUT2D eigenvalue weighted by atomic mass is 9.83. The molecule has 0 aromatic rings. The molecule has 104 valence electrons. The maximum Gasteiger partial charge on any atom is 0.357 e. The first-order chi connectivity index (χ1) is 8.82. The van der Waals surface area contributed by atoms with E-state index in [1.807, 2.05) is 6.92 Å². The highest BCUT2D eigenvalue weighted by molar-refractivity contribution is 8.04. The second-order valence-corrected chi connectivity index (χ2v) is 6.11. The van der Waals surface area contributed by atoms with Crippen LogP contribution in [0.1, 0.15) is 33.6 Å². The number of amides is 1. The van der Waals surface area contributed by atoms with Gasteiger partial charge in [-0.25, -0.2) is 4.79 Å². The summed E-state index contributed by atoms with van der Waals surface area (Å²) in [5.41, 5.74) is -0.222. The fourth-order valence-electron chi connectivity index (χ4n) is 2.53. The van der Waals surface area contributed by atoms with E-state index in [1.54, 1.807) is 6.92 Å². The molecule has 6 nitrogen and oxygen atoms in total. The summed E-state index contributed by atoms with van der Waals surface area (Å²) in [6.45, 7) is 4.98. The topological polar surface area (TPSA) is 83.9 Å². The number of carbonyl (C=O) groups excluding carboxylic acids is 2. The van der Waals surface area contributed by atoms with Gasteiger partial charge in [-0.1, -0.05) is 25.1 Å². The third kappa shape index (κ3) is 1.92. The molecule has 2 aliphatic rings. The summed E-state index contributed by atoms with van der Waals surface area (Å²) in [6, 6.07) is 0. The lowest BCUT2D eigenvalue weighted by Gasteiger charge is -2.50. The highest BCUT2D eigenvalue weighted by Crippen LogP contribution is 2.58. The van der Waals surface area contributed by atoms with Crippen molar-refractivity contribution in [2.75, 3.05) is 0 Å². The molecule has 1 saturated heterocycles. The first-order valence-corrected chi connectivity index (χ1v) is 6.83. The Hall–Kier alpha value is -1.50. The number of hydrogen-bond donors (Lipinski definition) is 1. The van der Waals surface area contributed by atoms with Crippen LogP contribution < -0.4 is 0 Å². The third-order valence-corrected chi connectivity index (χ3v) is 4.68. The molecular weight excluding hydrogens is 270 g/mol. The largest absolute Gasteiger partial charge is 0.476 e. The number of fused-ring (bicyclic) bond motifs is 1. The molecule has 1 amide bonds. The maximum atomic E-state index is 12.1. The molecule has 0 aromatic heterocycles. The van der Waals surface area contributed by atoms with E-state index < -0.39 is 16.8 Å². The van der Waals surface area contributed by atoms with Gasteiger partial charge < -0.3 is 9.84 Å². The molecular formula is C12H15NO5S. The molecule has 0 unspecified atom stereocenters. The number of aliphatic carboxylic acids is 1. The van der Waals surface area contributed by atoms with Crippen LogP contribution in [0.5, 0.6) is 0 Å². The molecule has 2 heterocycles. The average molecular weight is 285 g/mol. The lowest BCUT2D eigenvalue weighted by molar-refractivity contribution is -0.159. The van der Waals surface area contributed by atoms with Crippen molar-refractivity contribution in [3.05, 3.63) is 10.8 Å². The Kier molecular flexibility index (Phi) is 3.34. The molecule has 0 aromatic carbocycles. The Labute approximate surface area is 114 Å². The molecule has 0 spiro atoms. The minimum absolute atomic E-state index is 0.00875. The summed E-state index contributed by atoms with van der Waals surface area (Å²) in [5, 5.41) is 9.22. The van der Waals surface area contributed by atoms with Gasteiger partial charge in [-0.15, -0.1) is 0 Å².